The van der Waals surface area contributed by atoms with Crippen molar-refractivity contribution in [2.75, 3.05) is 11.9 Å². The van der Waals surface area contributed by atoms with Crippen molar-refractivity contribution in [1.82, 2.24) is 9.78 Å². The van der Waals surface area contributed by atoms with E-state index in [4.69, 9.17) is 27.9 Å². The van der Waals surface area contributed by atoms with Gasteiger partial charge in [-0.05, 0) is 30.7 Å². The van der Waals surface area contributed by atoms with Gasteiger partial charge in [-0.3, -0.25) is 9.59 Å². The molecule has 3 aromatic rings. The number of hydrogen-bond acceptors (Lipinski definition) is 5. The Kier molecular flexibility index (Phi) is 6.51. The van der Waals surface area contributed by atoms with Crippen LogP contribution in [-0.2, 0) is 16.1 Å². The van der Waals surface area contributed by atoms with Gasteiger partial charge in [0.2, 0.25) is 0 Å². The van der Waals surface area contributed by atoms with Crippen molar-refractivity contribution >= 4 is 51.5 Å². The number of carbonyl (C=O) groups is 2. The number of ether oxygens (including phenoxy) is 1. The zero-order valence-electron chi connectivity index (χ0n) is 15.4. The van der Waals surface area contributed by atoms with Crippen molar-refractivity contribution < 1.29 is 14.3 Å². The molecule has 0 saturated heterocycles. The Morgan fingerprint density at radius 3 is 2.59 bits per heavy atom. The molecule has 0 aliphatic heterocycles. The summed E-state index contributed by atoms with van der Waals surface area (Å²) in [6.45, 7) is 1.70. The van der Waals surface area contributed by atoms with Crippen LogP contribution in [-0.4, -0.2) is 28.3 Å². The van der Waals surface area contributed by atoms with Gasteiger partial charge >= 0.3 is 5.97 Å². The van der Waals surface area contributed by atoms with E-state index in [-0.39, 0.29) is 11.3 Å². The van der Waals surface area contributed by atoms with E-state index in [1.807, 2.05) is 6.92 Å². The highest BCUT2D eigenvalue weighted by Gasteiger charge is 2.19. The average Bonchev–Trinajstić information content (AvgIpc) is 2.71. The molecule has 7 nitrogen and oxygen atoms in total. The van der Waals surface area contributed by atoms with E-state index < -0.39 is 18.5 Å². The molecule has 0 fully saturated rings. The van der Waals surface area contributed by atoms with Crippen molar-refractivity contribution in [3.63, 3.8) is 0 Å². The summed E-state index contributed by atoms with van der Waals surface area (Å²) in [6, 6.07) is 11.2. The summed E-state index contributed by atoms with van der Waals surface area (Å²) in [5.41, 5.74) is -0.00475. The van der Waals surface area contributed by atoms with E-state index in [1.165, 1.54) is 10.7 Å². The lowest BCUT2D eigenvalue weighted by Crippen LogP contribution is -2.27. The lowest BCUT2D eigenvalue weighted by Gasteiger charge is -2.11. The Bertz CT molecular complexity index is 1140. The second-order valence-electron chi connectivity index (χ2n) is 6.17. The number of amides is 1. The highest BCUT2D eigenvalue weighted by molar-refractivity contribution is 6.35. The molecule has 0 aliphatic rings. The lowest BCUT2D eigenvalue weighted by molar-refractivity contribution is -0.119. The Labute approximate surface area is 176 Å². The van der Waals surface area contributed by atoms with Gasteiger partial charge in [0.15, 0.2) is 12.3 Å². The molecule has 0 spiro atoms. The number of esters is 1. The van der Waals surface area contributed by atoms with E-state index >= 15 is 0 Å². The topological polar surface area (TPSA) is 90.3 Å². The molecule has 150 valence electrons. The Hall–Kier alpha value is -2.90. The van der Waals surface area contributed by atoms with Crippen LogP contribution in [0.25, 0.3) is 10.8 Å². The minimum Gasteiger partial charge on any atom is -0.451 e. The first-order valence-electron chi connectivity index (χ1n) is 8.82. The van der Waals surface area contributed by atoms with E-state index in [2.05, 4.69) is 10.4 Å². The molecular formula is C20H17Cl2N3O4. The van der Waals surface area contributed by atoms with E-state index in [1.54, 1.807) is 36.4 Å². The van der Waals surface area contributed by atoms with Crippen molar-refractivity contribution in [1.29, 1.82) is 0 Å². The molecule has 3 rings (SSSR count). The highest BCUT2D eigenvalue weighted by Crippen LogP contribution is 2.25. The average molecular weight is 434 g/mol. The molecule has 1 aromatic heterocycles. The molecule has 0 unspecified atom stereocenters. The molecule has 2 aromatic carbocycles. The van der Waals surface area contributed by atoms with Crippen LogP contribution in [0.3, 0.4) is 0 Å². The van der Waals surface area contributed by atoms with Gasteiger partial charge < -0.3 is 10.1 Å². The van der Waals surface area contributed by atoms with Gasteiger partial charge in [0.1, 0.15) is 0 Å². The number of aromatic nitrogens is 2. The number of rotatable bonds is 6. The fourth-order valence-corrected chi connectivity index (χ4v) is 3.07. The Morgan fingerprint density at radius 2 is 1.86 bits per heavy atom. The first-order chi connectivity index (χ1) is 13.9. The first kappa shape index (κ1) is 20.8. The summed E-state index contributed by atoms with van der Waals surface area (Å²) >= 11 is 11.9. The largest absolute Gasteiger partial charge is 0.451 e. The van der Waals surface area contributed by atoms with Crippen LogP contribution >= 0.6 is 23.2 Å². The highest BCUT2D eigenvalue weighted by atomic mass is 35.5. The predicted octanol–water partition coefficient (Wildman–Crippen LogP) is 3.91. The van der Waals surface area contributed by atoms with E-state index in [9.17, 15) is 14.4 Å². The summed E-state index contributed by atoms with van der Waals surface area (Å²) in [5, 5.41) is 8.09. The maximum absolute atomic E-state index is 12.6. The van der Waals surface area contributed by atoms with Gasteiger partial charge in [0.05, 0.1) is 16.1 Å². The number of aryl methyl sites for hydroxylation is 1. The monoisotopic (exact) mass is 433 g/mol. The number of anilines is 1. The third-order valence-corrected chi connectivity index (χ3v) is 4.60. The lowest BCUT2D eigenvalue weighted by atomic mass is 10.1. The van der Waals surface area contributed by atoms with Crippen molar-refractivity contribution in [3.05, 3.63) is 68.6 Å². The van der Waals surface area contributed by atoms with Crippen LogP contribution in [0.15, 0.2) is 47.3 Å². The molecule has 1 amide bonds. The number of nitrogens with zero attached hydrogens (tertiary/aromatic N) is 2. The summed E-state index contributed by atoms with van der Waals surface area (Å²) in [5.74, 6) is -1.40. The zero-order chi connectivity index (χ0) is 21.0. The molecule has 0 saturated carbocycles. The fraction of sp³-hybridized carbons (Fsp3) is 0.200. The maximum atomic E-state index is 12.6. The Morgan fingerprint density at radius 1 is 1.14 bits per heavy atom. The van der Waals surface area contributed by atoms with Crippen LogP contribution in [0.4, 0.5) is 5.69 Å². The molecule has 0 aliphatic carbocycles. The van der Waals surface area contributed by atoms with Gasteiger partial charge in [-0.1, -0.05) is 48.3 Å². The van der Waals surface area contributed by atoms with Crippen LogP contribution in [0, 0.1) is 0 Å². The smallest absolute Gasteiger partial charge is 0.359 e. The quantitative estimate of drug-likeness (QED) is 0.595. The SMILES string of the molecule is CCCn1nc(C(=O)OCC(=O)Nc2cc(Cl)ccc2Cl)c2ccccc2c1=O. The first-order valence-corrected chi connectivity index (χ1v) is 9.58. The minimum absolute atomic E-state index is 0.0257. The standard InChI is InChI=1S/C20H17Cl2N3O4/c1-2-9-25-19(27)14-6-4-3-5-13(14)18(24-25)20(28)29-11-17(26)23-16-10-12(21)7-8-15(16)22/h3-8,10H,2,9,11H2,1H3,(H,23,26). The number of nitrogens with one attached hydrogen (secondary N) is 1. The number of hydrogen-bond donors (Lipinski definition) is 1. The summed E-state index contributed by atoms with van der Waals surface area (Å²) in [4.78, 5) is 37.2. The number of fused-ring (bicyclic) bond motifs is 1. The van der Waals surface area contributed by atoms with Gasteiger partial charge in [0.25, 0.3) is 11.5 Å². The molecule has 1 heterocycles. The van der Waals surface area contributed by atoms with Crippen molar-refractivity contribution in [2.24, 2.45) is 0 Å². The van der Waals surface area contributed by atoms with E-state index in [0.717, 1.165) is 0 Å². The molecular weight excluding hydrogens is 417 g/mol. The van der Waals surface area contributed by atoms with Crippen LogP contribution in [0.1, 0.15) is 23.8 Å². The number of benzene rings is 2. The summed E-state index contributed by atoms with van der Waals surface area (Å²) in [6.07, 6.45) is 0.669. The minimum atomic E-state index is -0.807. The predicted molar refractivity (Wildman–Crippen MR) is 112 cm³/mol. The summed E-state index contributed by atoms with van der Waals surface area (Å²) < 4.78 is 6.34. The van der Waals surface area contributed by atoms with Crippen LogP contribution in [0.2, 0.25) is 10.0 Å². The molecule has 29 heavy (non-hydrogen) atoms. The fourth-order valence-electron chi connectivity index (χ4n) is 2.73. The zero-order valence-corrected chi connectivity index (χ0v) is 17.0. The van der Waals surface area contributed by atoms with Crippen molar-refractivity contribution in [3.8, 4) is 0 Å². The van der Waals surface area contributed by atoms with E-state index in [0.29, 0.717) is 39.5 Å². The molecule has 9 heteroatoms. The van der Waals surface area contributed by atoms with Crippen molar-refractivity contribution in [2.45, 2.75) is 19.9 Å². The molecule has 0 radical (unpaired) electrons. The maximum Gasteiger partial charge on any atom is 0.359 e. The van der Waals surface area contributed by atoms with Gasteiger partial charge in [-0.15, -0.1) is 0 Å². The van der Waals surface area contributed by atoms with Crippen LogP contribution in [0.5, 0.6) is 0 Å². The second kappa shape index (κ2) is 9.07. The molecule has 1 N–H and O–H groups in total. The summed E-state index contributed by atoms with van der Waals surface area (Å²) in [7, 11) is 0. The number of halogens is 2. The Balaban J connectivity index is 1.79. The van der Waals surface area contributed by atoms with Crippen LogP contribution < -0.4 is 10.9 Å². The van der Waals surface area contributed by atoms with Gasteiger partial charge in [-0.2, -0.15) is 5.10 Å². The number of carbonyl (C=O) groups excluding carboxylic acids is 2. The third kappa shape index (κ3) is 4.75. The second-order valence-corrected chi connectivity index (χ2v) is 7.01. The molecule has 0 bridgehead atoms. The third-order valence-electron chi connectivity index (χ3n) is 4.03. The normalized spacial score (nSPS) is 10.7. The van der Waals surface area contributed by atoms with Gasteiger partial charge in [-0.25, -0.2) is 9.48 Å². The van der Waals surface area contributed by atoms with Gasteiger partial charge in [0, 0.05) is 17.0 Å². The molecule has 0 atom stereocenters.